The van der Waals surface area contributed by atoms with Gasteiger partial charge in [0.05, 0.1) is 21.9 Å². The minimum atomic E-state index is 0.420. The van der Waals surface area contributed by atoms with Crippen molar-refractivity contribution in [2.24, 2.45) is 5.10 Å². The van der Waals surface area contributed by atoms with E-state index in [1.807, 2.05) is 30.5 Å². The highest BCUT2D eigenvalue weighted by atomic mass is 35.5. The lowest BCUT2D eigenvalue weighted by molar-refractivity contribution is 1.35. The molecule has 0 saturated heterocycles. The number of anilines is 1. The Balaban J connectivity index is 1.85. The van der Waals surface area contributed by atoms with Gasteiger partial charge in [0.1, 0.15) is 0 Å². The molecule has 3 aromatic rings. The highest BCUT2D eigenvalue weighted by molar-refractivity contribution is 6.41. The zero-order valence-corrected chi connectivity index (χ0v) is 13.0. The molecule has 0 radical (unpaired) electrons. The zero-order valence-electron chi connectivity index (χ0n) is 10.7. The Kier molecular flexibility index (Phi) is 4.06. The molecule has 0 atom stereocenters. The highest BCUT2D eigenvalue weighted by Gasteiger charge is 2.06. The van der Waals surface area contributed by atoms with Crippen molar-refractivity contribution >= 4 is 57.6 Å². The predicted octanol–water partition coefficient (Wildman–Crippen LogP) is 5.57. The lowest BCUT2D eigenvalue weighted by Crippen LogP contribution is -1.92. The first kappa shape index (κ1) is 14.3. The number of hydrogen-bond donors (Lipinski definition) is 2. The van der Waals surface area contributed by atoms with E-state index < -0.39 is 0 Å². The van der Waals surface area contributed by atoms with Gasteiger partial charge in [0.25, 0.3) is 0 Å². The molecule has 0 aliphatic rings. The molecular formula is C15H10Cl3N3. The van der Waals surface area contributed by atoms with E-state index in [4.69, 9.17) is 34.8 Å². The van der Waals surface area contributed by atoms with Crippen molar-refractivity contribution in [3.05, 3.63) is 63.2 Å². The monoisotopic (exact) mass is 337 g/mol. The summed E-state index contributed by atoms with van der Waals surface area (Å²) < 4.78 is 0. The van der Waals surface area contributed by atoms with Gasteiger partial charge in [-0.1, -0.05) is 53.0 Å². The van der Waals surface area contributed by atoms with Gasteiger partial charge in [-0.2, -0.15) is 5.10 Å². The van der Waals surface area contributed by atoms with Crippen LogP contribution in [-0.2, 0) is 0 Å². The van der Waals surface area contributed by atoms with Crippen LogP contribution in [0.3, 0.4) is 0 Å². The normalized spacial score (nSPS) is 11.4. The number of benzene rings is 2. The second-order valence-corrected chi connectivity index (χ2v) is 5.65. The van der Waals surface area contributed by atoms with Crippen LogP contribution >= 0.6 is 34.8 Å². The number of fused-ring (bicyclic) bond motifs is 1. The number of aromatic amines is 1. The third-order valence-electron chi connectivity index (χ3n) is 3.01. The highest BCUT2D eigenvalue weighted by Crippen LogP contribution is 2.33. The standard InChI is InChI=1S/C15H10Cl3N3/c16-10-5-12(17)15(13(18)6-10)21-20-8-9-7-19-14-4-2-1-3-11(9)14/h1-8,19,21H/b20-8+. The van der Waals surface area contributed by atoms with E-state index in [-0.39, 0.29) is 0 Å². The Bertz CT molecular complexity index is 801. The molecule has 0 unspecified atom stereocenters. The lowest BCUT2D eigenvalue weighted by Gasteiger charge is -2.06. The van der Waals surface area contributed by atoms with E-state index in [1.165, 1.54) is 0 Å². The Morgan fingerprint density at radius 1 is 1.05 bits per heavy atom. The van der Waals surface area contributed by atoms with Crippen LogP contribution in [0.15, 0.2) is 47.7 Å². The van der Waals surface area contributed by atoms with Gasteiger partial charge in [0.15, 0.2) is 0 Å². The van der Waals surface area contributed by atoms with E-state index >= 15 is 0 Å². The molecular weight excluding hydrogens is 329 g/mol. The number of hydrogen-bond acceptors (Lipinski definition) is 2. The third-order valence-corrected chi connectivity index (χ3v) is 3.82. The van der Waals surface area contributed by atoms with Gasteiger partial charge in [-0.25, -0.2) is 0 Å². The Morgan fingerprint density at radius 3 is 2.52 bits per heavy atom. The first-order valence-electron chi connectivity index (χ1n) is 6.15. The molecule has 0 fully saturated rings. The van der Waals surface area contributed by atoms with Crippen LogP contribution in [0, 0.1) is 0 Å². The molecule has 2 N–H and O–H groups in total. The van der Waals surface area contributed by atoms with E-state index in [2.05, 4.69) is 15.5 Å². The van der Waals surface area contributed by atoms with Gasteiger partial charge in [0.2, 0.25) is 0 Å². The Morgan fingerprint density at radius 2 is 1.76 bits per heavy atom. The molecule has 0 aliphatic heterocycles. The molecule has 21 heavy (non-hydrogen) atoms. The van der Waals surface area contributed by atoms with Crippen molar-refractivity contribution < 1.29 is 0 Å². The molecule has 0 spiro atoms. The van der Waals surface area contributed by atoms with E-state index in [0.717, 1.165) is 16.5 Å². The average molecular weight is 339 g/mol. The molecule has 1 aromatic heterocycles. The summed E-state index contributed by atoms with van der Waals surface area (Å²) in [6.45, 7) is 0. The van der Waals surface area contributed by atoms with E-state index in [0.29, 0.717) is 20.8 Å². The minimum absolute atomic E-state index is 0.420. The smallest absolute Gasteiger partial charge is 0.0935 e. The largest absolute Gasteiger partial charge is 0.361 e. The van der Waals surface area contributed by atoms with Crippen LogP contribution in [0.25, 0.3) is 10.9 Å². The molecule has 3 rings (SSSR count). The van der Waals surface area contributed by atoms with Crippen LogP contribution in [0.4, 0.5) is 5.69 Å². The van der Waals surface area contributed by atoms with Crippen molar-refractivity contribution in [3.63, 3.8) is 0 Å². The summed E-state index contributed by atoms with van der Waals surface area (Å²) in [6, 6.07) is 11.2. The molecule has 3 nitrogen and oxygen atoms in total. The van der Waals surface area contributed by atoms with Gasteiger partial charge in [-0.05, 0) is 18.2 Å². The molecule has 0 aliphatic carbocycles. The van der Waals surface area contributed by atoms with Crippen LogP contribution in [0.5, 0.6) is 0 Å². The lowest BCUT2D eigenvalue weighted by atomic mass is 10.2. The number of rotatable bonds is 3. The number of nitrogens with one attached hydrogen (secondary N) is 2. The Labute approximate surface area is 136 Å². The summed E-state index contributed by atoms with van der Waals surface area (Å²) in [6.07, 6.45) is 3.60. The number of nitrogens with zero attached hydrogens (tertiary/aromatic N) is 1. The van der Waals surface area contributed by atoms with Gasteiger partial charge >= 0.3 is 0 Å². The second kappa shape index (κ2) is 5.98. The maximum atomic E-state index is 6.08. The number of aromatic nitrogens is 1. The van der Waals surface area contributed by atoms with Crippen LogP contribution in [-0.4, -0.2) is 11.2 Å². The van der Waals surface area contributed by atoms with E-state index in [9.17, 15) is 0 Å². The molecule has 6 heteroatoms. The quantitative estimate of drug-likeness (QED) is 0.475. The summed E-state index contributed by atoms with van der Waals surface area (Å²) in [4.78, 5) is 3.18. The summed E-state index contributed by atoms with van der Waals surface area (Å²) in [5.41, 5.74) is 5.40. The second-order valence-electron chi connectivity index (χ2n) is 4.40. The summed E-state index contributed by atoms with van der Waals surface area (Å²) in [5, 5.41) is 6.59. The zero-order chi connectivity index (χ0) is 14.8. The summed E-state index contributed by atoms with van der Waals surface area (Å²) in [7, 11) is 0. The van der Waals surface area contributed by atoms with Crippen molar-refractivity contribution in [1.29, 1.82) is 0 Å². The summed E-state index contributed by atoms with van der Waals surface area (Å²) in [5.74, 6) is 0. The van der Waals surface area contributed by atoms with Crippen LogP contribution in [0.2, 0.25) is 15.1 Å². The molecule has 0 bridgehead atoms. The number of para-hydroxylation sites is 1. The average Bonchev–Trinajstić information content (AvgIpc) is 2.85. The fourth-order valence-corrected chi connectivity index (χ4v) is 2.92. The first-order valence-corrected chi connectivity index (χ1v) is 7.28. The van der Waals surface area contributed by atoms with Crippen LogP contribution in [0.1, 0.15) is 5.56 Å². The number of hydrazone groups is 1. The molecule has 1 heterocycles. The Hall–Kier alpha value is -1.68. The fourth-order valence-electron chi connectivity index (χ4n) is 2.02. The van der Waals surface area contributed by atoms with Gasteiger partial charge in [0, 0.05) is 27.7 Å². The molecule has 0 amide bonds. The maximum absolute atomic E-state index is 6.08. The van der Waals surface area contributed by atoms with Crippen molar-refractivity contribution in [2.45, 2.75) is 0 Å². The predicted molar refractivity (Wildman–Crippen MR) is 91.0 cm³/mol. The van der Waals surface area contributed by atoms with Gasteiger partial charge < -0.3 is 4.98 Å². The topological polar surface area (TPSA) is 40.2 Å². The number of H-pyrrole nitrogens is 1. The minimum Gasteiger partial charge on any atom is -0.361 e. The molecule has 0 saturated carbocycles. The van der Waals surface area contributed by atoms with Crippen molar-refractivity contribution in [1.82, 2.24) is 4.98 Å². The van der Waals surface area contributed by atoms with Crippen molar-refractivity contribution in [3.8, 4) is 0 Å². The van der Waals surface area contributed by atoms with E-state index in [1.54, 1.807) is 18.3 Å². The SMILES string of the molecule is Clc1cc(Cl)c(N/N=C/c2c[nH]c3ccccc23)c(Cl)c1. The maximum Gasteiger partial charge on any atom is 0.0935 e. The van der Waals surface area contributed by atoms with Crippen molar-refractivity contribution in [2.75, 3.05) is 5.43 Å². The van der Waals surface area contributed by atoms with Gasteiger partial charge in [-0.15, -0.1) is 0 Å². The van der Waals surface area contributed by atoms with Gasteiger partial charge in [-0.3, -0.25) is 5.43 Å². The first-order chi connectivity index (χ1) is 10.1. The van der Waals surface area contributed by atoms with Crippen LogP contribution < -0.4 is 5.43 Å². The molecule has 106 valence electrons. The number of halogens is 3. The molecule has 2 aromatic carbocycles. The third kappa shape index (κ3) is 3.00. The summed E-state index contributed by atoms with van der Waals surface area (Å²) >= 11 is 18.0. The fraction of sp³-hybridized carbons (Fsp3) is 0.